The Hall–Kier alpha value is -0.123. The number of rotatable bonds is 2. The molecule has 3 heteroatoms. The lowest BCUT2D eigenvalue weighted by Gasteiger charge is -2.46. The van der Waals surface area contributed by atoms with Gasteiger partial charge in [0.05, 0.1) is 6.10 Å². The maximum Gasteiger partial charge on any atom is 0.192 e. The molecule has 0 amide bonds. The minimum atomic E-state index is -1.72. The Balaban J connectivity index is 2.33. The Morgan fingerprint density at radius 3 is 2.53 bits per heavy atom. The molecule has 1 nitrogen and oxygen atoms in total. The van der Waals surface area contributed by atoms with Crippen LogP contribution in [0.15, 0.2) is 11.4 Å². The van der Waals surface area contributed by atoms with Crippen molar-refractivity contribution >= 4 is 19.7 Å². The lowest BCUT2D eigenvalue weighted by molar-refractivity contribution is 0.0449. The molecule has 2 rings (SSSR count). The minimum Gasteiger partial charge on any atom is -0.409 e. The van der Waals surface area contributed by atoms with Gasteiger partial charge in [0, 0.05) is 4.88 Å². The van der Waals surface area contributed by atoms with Crippen LogP contribution >= 0.6 is 11.3 Å². The molecule has 0 N–H and O–H groups in total. The number of thiophene rings is 1. The number of aryl methyl sites for hydroxylation is 1. The highest BCUT2D eigenvalue weighted by atomic mass is 32.1. The van der Waals surface area contributed by atoms with Gasteiger partial charge in [-0.2, -0.15) is 0 Å². The first-order valence-corrected chi connectivity index (χ1v) is 11.1. The minimum absolute atomic E-state index is 0.254. The van der Waals surface area contributed by atoms with Crippen molar-refractivity contribution in [3.05, 3.63) is 21.9 Å². The molecule has 1 atom stereocenters. The van der Waals surface area contributed by atoms with E-state index in [1.807, 2.05) is 11.3 Å². The van der Waals surface area contributed by atoms with Crippen LogP contribution in [0.25, 0.3) is 0 Å². The maximum absolute atomic E-state index is 6.79. The van der Waals surface area contributed by atoms with Gasteiger partial charge in [-0.25, -0.2) is 0 Å². The van der Waals surface area contributed by atoms with Crippen LogP contribution in [0.1, 0.15) is 57.6 Å². The summed E-state index contributed by atoms with van der Waals surface area (Å²) in [4.78, 5) is 1.54. The SMILES string of the molecule is CC1(C)CCc2sccc2C1O[Si](C)(C)C(C)(C)C. The lowest BCUT2D eigenvalue weighted by Crippen LogP contribution is -2.45. The fraction of sp³-hybridized carbons (Fsp3) is 0.750. The second-order valence-corrected chi connectivity index (χ2v) is 13.8. The molecule has 1 heterocycles. The van der Waals surface area contributed by atoms with E-state index < -0.39 is 8.32 Å². The largest absolute Gasteiger partial charge is 0.409 e. The van der Waals surface area contributed by atoms with Gasteiger partial charge in [-0.15, -0.1) is 11.3 Å². The van der Waals surface area contributed by atoms with Crippen molar-refractivity contribution in [1.82, 2.24) is 0 Å². The third-order valence-electron chi connectivity index (χ3n) is 4.99. The molecular weight excluding hydrogens is 268 g/mol. The van der Waals surface area contributed by atoms with E-state index in [9.17, 15) is 0 Å². The first-order chi connectivity index (χ1) is 8.55. The van der Waals surface area contributed by atoms with Crippen LogP contribution in [0.2, 0.25) is 18.1 Å². The first-order valence-electron chi connectivity index (χ1n) is 7.29. The Labute approximate surface area is 123 Å². The Morgan fingerprint density at radius 2 is 1.95 bits per heavy atom. The zero-order chi connectivity index (χ0) is 14.5. The van der Waals surface area contributed by atoms with Gasteiger partial charge in [-0.1, -0.05) is 34.6 Å². The number of hydrogen-bond acceptors (Lipinski definition) is 2. The smallest absolute Gasteiger partial charge is 0.192 e. The quantitative estimate of drug-likeness (QED) is 0.628. The van der Waals surface area contributed by atoms with Gasteiger partial charge in [0.15, 0.2) is 8.32 Å². The van der Waals surface area contributed by atoms with Crippen LogP contribution < -0.4 is 0 Å². The van der Waals surface area contributed by atoms with E-state index in [-0.39, 0.29) is 16.6 Å². The third kappa shape index (κ3) is 2.83. The van der Waals surface area contributed by atoms with E-state index in [0.29, 0.717) is 0 Å². The number of hydrogen-bond donors (Lipinski definition) is 0. The molecule has 1 unspecified atom stereocenters. The second kappa shape index (κ2) is 4.71. The molecule has 0 aliphatic heterocycles. The van der Waals surface area contributed by atoms with Crippen LogP contribution in [0.4, 0.5) is 0 Å². The summed E-state index contributed by atoms with van der Waals surface area (Å²) in [5, 5.41) is 2.50. The van der Waals surface area contributed by atoms with E-state index in [0.717, 1.165) is 0 Å². The van der Waals surface area contributed by atoms with Crippen molar-refractivity contribution in [2.75, 3.05) is 0 Å². The topological polar surface area (TPSA) is 9.23 Å². The highest BCUT2D eigenvalue weighted by Crippen LogP contribution is 2.51. The molecule has 0 radical (unpaired) electrons. The second-order valence-electron chi connectivity index (χ2n) is 8.05. The fourth-order valence-electron chi connectivity index (χ4n) is 2.47. The van der Waals surface area contributed by atoms with E-state index in [1.54, 1.807) is 4.88 Å². The lowest BCUT2D eigenvalue weighted by atomic mass is 9.75. The average Bonchev–Trinajstić information content (AvgIpc) is 2.68. The van der Waals surface area contributed by atoms with Crippen LogP contribution in [0, 0.1) is 5.41 Å². The molecule has 1 aromatic rings. The van der Waals surface area contributed by atoms with Gasteiger partial charge in [-0.05, 0) is 53.4 Å². The molecule has 0 saturated carbocycles. The monoisotopic (exact) mass is 296 g/mol. The number of fused-ring (bicyclic) bond motifs is 1. The maximum atomic E-state index is 6.79. The van der Waals surface area contributed by atoms with Gasteiger partial charge in [-0.3, -0.25) is 0 Å². The predicted molar refractivity (Wildman–Crippen MR) is 87.4 cm³/mol. The summed E-state index contributed by atoms with van der Waals surface area (Å²) in [7, 11) is -1.72. The van der Waals surface area contributed by atoms with Crippen molar-refractivity contribution in [3.63, 3.8) is 0 Å². The first kappa shape index (κ1) is 15.3. The summed E-state index contributed by atoms with van der Waals surface area (Å²) in [6.07, 6.45) is 2.74. The molecule has 1 aliphatic carbocycles. The van der Waals surface area contributed by atoms with Crippen LogP contribution in [-0.2, 0) is 10.8 Å². The third-order valence-corrected chi connectivity index (χ3v) is 10.4. The van der Waals surface area contributed by atoms with Crippen molar-refractivity contribution in [2.45, 2.75) is 71.7 Å². The molecule has 0 spiro atoms. The van der Waals surface area contributed by atoms with E-state index in [1.165, 1.54) is 18.4 Å². The molecule has 0 saturated heterocycles. The molecule has 1 aliphatic rings. The summed E-state index contributed by atoms with van der Waals surface area (Å²) in [5.74, 6) is 0. The Bertz CT molecular complexity index is 454. The van der Waals surface area contributed by atoms with Crippen molar-refractivity contribution in [2.24, 2.45) is 5.41 Å². The van der Waals surface area contributed by atoms with Gasteiger partial charge < -0.3 is 4.43 Å². The van der Waals surface area contributed by atoms with Gasteiger partial charge in [0.25, 0.3) is 0 Å². The zero-order valence-electron chi connectivity index (χ0n) is 13.5. The van der Waals surface area contributed by atoms with Crippen molar-refractivity contribution in [3.8, 4) is 0 Å². The van der Waals surface area contributed by atoms with E-state index >= 15 is 0 Å². The van der Waals surface area contributed by atoms with Crippen LogP contribution in [-0.4, -0.2) is 8.32 Å². The highest BCUT2D eigenvalue weighted by Gasteiger charge is 2.45. The molecule has 1 aromatic heterocycles. The van der Waals surface area contributed by atoms with Gasteiger partial charge in [0.1, 0.15) is 0 Å². The van der Waals surface area contributed by atoms with E-state index in [2.05, 4.69) is 59.2 Å². The predicted octanol–water partition coefficient (Wildman–Crippen LogP) is 5.78. The summed E-state index contributed by atoms with van der Waals surface area (Å²) >= 11 is 1.90. The molecule has 0 fully saturated rings. The van der Waals surface area contributed by atoms with Crippen molar-refractivity contribution in [1.29, 1.82) is 0 Å². The summed E-state index contributed by atoms with van der Waals surface area (Å²) in [6, 6.07) is 2.29. The molecular formula is C16H28OSSi. The zero-order valence-corrected chi connectivity index (χ0v) is 15.3. The van der Waals surface area contributed by atoms with E-state index in [4.69, 9.17) is 4.43 Å². The molecule has 108 valence electrons. The Kier molecular flexibility index (Phi) is 3.79. The highest BCUT2D eigenvalue weighted by molar-refractivity contribution is 7.10. The van der Waals surface area contributed by atoms with Gasteiger partial charge >= 0.3 is 0 Å². The normalized spacial score (nSPS) is 23.2. The summed E-state index contributed by atoms with van der Waals surface area (Å²) in [6.45, 7) is 16.4. The van der Waals surface area contributed by atoms with Crippen molar-refractivity contribution < 1.29 is 4.43 Å². The fourth-order valence-corrected chi connectivity index (χ4v) is 4.77. The Morgan fingerprint density at radius 1 is 1.32 bits per heavy atom. The van der Waals surface area contributed by atoms with Crippen LogP contribution in [0.5, 0.6) is 0 Å². The summed E-state index contributed by atoms with van der Waals surface area (Å²) < 4.78 is 6.79. The standard InChI is InChI=1S/C16H28OSSi/c1-15(2,3)19(6,7)17-14-12-9-11-18-13(12)8-10-16(14,4)5/h9,11,14H,8,10H2,1-7H3. The van der Waals surface area contributed by atoms with Crippen LogP contribution in [0.3, 0.4) is 0 Å². The summed E-state index contributed by atoms with van der Waals surface area (Å²) in [5.41, 5.74) is 1.72. The molecule has 0 bridgehead atoms. The van der Waals surface area contributed by atoms with Gasteiger partial charge in [0.2, 0.25) is 0 Å². The molecule has 0 aromatic carbocycles. The average molecular weight is 297 g/mol. The molecule has 19 heavy (non-hydrogen) atoms.